The van der Waals surface area contributed by atoms with Crippen molar-refractivity contribution >= 4 is 11.8 Å². The van der Waals surface area contributed by atoms with Crippen LogP contribution in [0.1, 0.15) is 46.4 Å². The summed E-state index contributed by atoms with van der Waals surface area (Å²) in [5, 5.41) is 6.47. The molecule has 26 heavy (non-hydrogen) atoms. The van der Waals surface area contributed by atoms with E-state index in [4.69, 9.17) is 9.26 Å². The first-order valence-corrected chi connectivity index (χ1v) is 8.87. The molecule has 2 heterocycles. The summed E-state index contributed by atoms with van der Waals surface area (Å²) < 4.78 is 10.9. The van der Waals surface area contributed by atoms with Gasteiger partial charge in [-0.1, -0.05) is 23.4 Å². The molecule has 138 valence electrons. The average molecular weight is 357 g/mol. The Morgan fingerprint density at radius 3 is 2.81 bits per heavy atom. The molecule has 1 aliphatic heterocycles. The van der Waals surface area contributed by atoms with Crippen LogP contribution in [0.15, 0.2) is 40.9 Å². The minimum atomic E-state index is -0.289. The van der Waals surface area contributed by atoms with E-state index >= 15 is 0 Å². The van der Waals surface area contributed by atoms with E-state index in [1.807, 2.05) is 25.1 Å². The van der Waals surface area contributed by atoms with Crippen LogP contribution >= 0.6 is 0 Å². The molecule has 1 unspecified atom stereocenters. The number of aromatic nitrogens is 1. The Morgan fingerprint density at radius 2 is 2.12 bits per heavy atom. The van der Waals surface area contributed by atoms with Crippen LogP contribution < -0.4 is 5.32 Å². The Hall–Kier alpha value is -2.67. The van der Waals surface area contributed by atoms with E-state index in [-0.39, 0.29) is 30.2 Å². The molecule has 0 radical (unpaired) electrons. The lowest BCUT2D eigenvalue weighted by Crippen LogP contribution is -2.36. The number of hydrogen-bond acceptors (Lipinski definition) is 5. The Kier molecular flexibility index (Phi) is 6.01. The molecule has 1 saturated heterocycles. The quantitative estimate of drug-likeness (QED) is 0.821. The summed E-state index contributed by atoms with van der Waals surface area (Å²) in [6, 6.07) is 10.7. The van der Waals surface area contributed by atoms with Crippen LogP contribution in [0, 0.1) is 0 Å². The van der Waals surface area contributed by atoms with Crippen molar-refractivity contribution < 1.29 is 18.8 Å². The Labute approximate surface area is 152 Å². The fourth-order valence-electron chi connectivity index (χ4n) is 2.95. The molecular weight excluding hydrogens is 334 g/mol. The van der Waals surface area contributed by atoms with Gasteiger partial charge in [0.1, 0.15) is 0 Å². The second-order valence-electron chi connectivity index (χ2n) is 6.22. The molecule has 2 amide bonds. The minimum absolute atomic E-state index is 0.0217. The summed E-state index contributed by atoms with van der Waals surface area (Å²) in [4.78, 5) is 26.4. The van der Waals surface area contributed by atoms with Gasteiger partial charge in [0.05, 0.1) is 12.6 Å². The van der Waals surface area contributed by atoms with Gasteiger partial charge in [0.2, 0.25) is 0 Å². The normalized spacial score (nSPS) is 16.4. The highest BCUT2D eigenvalue weighted by molar-refractivity contribution is 5.94. The van der Waals surface area contributed by atoms with Gasteiger partial charge in [0, 0.05) is 31.3 Å². The van der Waals surface area contributed by atoms with E-state index < -0.39 is 0 Å². The van der Waals surface area contributed by atoms with Gasteiger partial charge in [-0.25, -0.2) is 0 Å². The van der Waals surface area contributed by atoms with Crippen molar-refractivity contribution in [1.29, 1.82) is 0 Å². The molecule has 7 nitrogen and oxygen atoms in total. The van der Waals surface area contributed by atoms with Crippen molar-refractivity contribution in [3.8, 4) is 0 Å². The lowest BCUT2D eigenvalue weighted by molar-refractivity contribution is 0.0486. The Balaban J connectivity index is 1.74. The fourth-order valence-corrected chi connectivity index (χ4v) is 2.95. The molecule has 1 aliphatic rings. The zero-order chi connectivity index (χ0) is 18.4. The third-order valence-corrected chi connectivity index (χ3v) is 4.23. The molecule has 2 aromatic rings. The fraction of sp³-hybridized carbons (Fsp3) is 0.421. The van der Waals surface area contributed by atoms with Gasteiger partial charge in [-0.05, 0) is 31.9 Å². The second kappa shape index (κ2) is 8.62. The molecule has 0 aliphatic carbocycles. The van der Waals surface area contributed by atoms with Gasteiger partial charge in [-0.3, -0.25) is 9.59 Å². The lowest BCUT2D eigenvalue weighted by Gasteiger charge is -2.24. The first-order valence-electron chi connectivity index (χ1n) is 8.87. The van der Waals surface area contributed by atoms with Gasteiger partial charge < -0.3 is 19.5 Å². The van der Waals surface area contributed by atoms with Gasteiger partial charge in [0.25, 0.3) is 11.8 Å². The number of nitrogens with one attached hydrogen (secondary N) is 1. The average Bonchev–Trinajstić information content (AvgIpc) is 3.33. The summed E-state index contributed by atoms with van der Waals surface area (Å²) in [6.45, 7) is 3.78. The highest BCUT2D eigenvalue weighted by Crippen LogP contribution is 2.18. The molecule has 1 N–H and O–H groups in total. The van der Waals surface area contributed by atoms with Crippen molar-refractivity contribution in [2.75, 3.05) is 19.7 Å². The number of carbonyl (C=O) groups excluding carboxylic acids is 2. The molecule has 3 rings (SSSR count). The first-order chi connectivity index (χ1) is 12.7. The number of rotatable bonds is 7. The van der Waals surface area contributed by atoms with E-state index in [1.165, 1.54) is 0 Å². The van der Waals surface area contributed by atoms with Crippen LogP contribution in [0.3, 0.4) is 0 Å². The summed E-state index contributed by atoms with van der Waals surface area (Å²) in [7, 11) is 0. The number of amides is 2. The van der Waals surface area contributed by atoms with Gasteiger partial charge in [-0.15, -0.1) is 0 Å². The van der Waals surface area contributed by atoms with E-state index in [9.17, 15) is 9.59 Å². The van der Waals surface area contributed by atoms with Crippen molar-refractivity contribution in [2.45, 2.75) is 32.4 Å². The molecule has 7 heteroatoms. The summed E-state index contributed by atoms with van der Waals surface area (Å²) in [5.74, 6) is 0.0770. The second-order valence-corrected chi connectivity index (χ2v) is 6.22. The molecular formula is C19H23N3O4. The van der Waals surface area contributed by atoms with Crippen molar-refractivity contribution in [2.24, 2.45) is 0 Å². The van der Waals surface area contributed by atoms with E-state index in [1.54, 1.807) is 23.1 Å². The van der Waals surface area contributed by atoms with Crippen molar-refractivity contribution in [1.82, 2.24) is 15.4 Å². The van der Waals surface area contributed by atoms with Gasteiger partial charge in [0.15, 0.2) is 11.5 Å². The van der Waals surface area contributed by atoms with Crippen molar-refractivity contribution in [3.05, 3.63) is 53.4 Å². The van der Waals surface area contributed by atoms with Gasteiger partial charge in [-0.2, -0.15) is 0 Å². The van der Waals surface area contributed by atoms with Crippen LogP contribution in [0.4, 0.5) is 0 Å². The number of hydrogen-bond donors (Lipinski definition) is 1. The monoisotopic (exact) mass is 357 g/mol. The highest BCUT2D eigenvalue weighted by Gasteiger charge is 2.25. The van der Waals surface area contributed by atoms with E-state index in [2.05, 4.69) is 10.5 Å². The third kappa shape index (κ3) is 4.49. The van der Waals surface area contributed by atoms with Crippen LogP contribution in [-0.4, -0.2) is 47.7 Å². The maximum absolute atomic E-state index is 12.9. The minimum Gasteiger partial charge on any atom is -0.376 e. The van der Waals surface area contributed by atoms with Crippen LogP contribution in [0.2, 0.25) is 0 Å². The van der Waals surface area contributed by atoms with Crippen molar-refractivity contribution in [3.63, 3.8) is 0 Å². The zero-order valence-corrected chi connectivity index (χ0v) is 14.8. The van der Waals surface area contributed by atoms with Gasteiger partial charge >= 0.3 is 0 Å². The predicted molar refractivity (Wildman–Crippen MR) is 94.7 cm³/mol. The highest BCUT2D eigenvalue weighted by atomic mass is 16.5. The standard InChI is InChI=1S/C19H23N3O4/c1-2-20-18(23)17-11-16(26-21-17)13-22(12-15-9-6-10-25-15)19(24)14-7-4-3-5-8-14/h3-5,7-8,11,15H,2,6,9-10,12-13H2,1H3,(H,20,23). The van der Waals surface area contributed by atoms with E-state index in [0.29, 0.717) is 24.4 Å². The SMILES string of the molecule is CCNC(=O)c1cc(CN(CC2CCCO2)C(=O)c2ccccc2)on1. The molecule has 1 aromatic carbocycles. The largest absolute Gasteiger partial charge is 0.376 e. The Bertz CT molecular complexity index is 738. The van der Waals surface area contributed by atoms with E-state index in [0.717, 1.165) is 19.4 Å². The molecule has 1 fully saturated rings. The lowest BCUT2D eigenvalue weighted by atomic mass is 10.1. The molecule has 0 bridgehead atoms. The smallest absolute Gasteiger partial charge is 0.273 e. The van der Waals surface area contributed by atoms with Crippen LogP contribution in [0.25, 0.3) is 0 Å². The molecule has 1 aromatic heterocycles. The number of nitrogens with zero attached hydrogens (tertiary/aromatic N) is 2. The number of carbonyl (C=O) groups is 2. The third-order valence-electron chi connectivity index (χ3n) is 4.23. The summed E-state index contributed by atoms with van der Waals surface area (Å²) >= 11 is 0. The predicted octanol–water partition coefficient (Wildman–Crippen LogP) is 2.25. The molecule has 1 atom stereocenters. The molecule has 0 saturated carbocycles. The molecule has 0 spiro atoms. The first kappa shape index (κ1) is 18.1. The van der Waals surface area contributed by atoms with Crippen LogP contribution in [0.5, 0.6) is 0 Å². The summed E-state index contributed by atoms with van der Waals surface area (Å²) in [5.41, 5.74) is 0.819. The zero-order valence-electron chi connectivity index (χ0n) is 14.8. The maximum Gasteiger partial charge on any atom is 0.273 e. The van der Waals surface area contributed by atoms with Crippen LogP contribution in [-0.2, 0) is 11.3 Å². The summed E-state index contributed by atoms with van der Waals surface area (Å²) in [6.07, 6.45) is 1.95. The topological polar surface area (TPSA) is 84.7 Å². The number of benzene rings is 1. The maximum atomic E-state index is 12.9. The number of ether oxygens (including phenoxy) is 1. The Morgan fingerprint density at radius 1 is 1.31 bits per heavy atom.